The van der Waals surface area contributed by atoms with Crippen LogP contribution in [-0.4, -0.2) is 50.6 Å². The van der Waals surface area contributed by atoms with Gasteiger partial charge in [-0.05, 0) is 26.0 Å². The summed E-state index contributed by atoms with van der Waals surface area (Å²) in [6, 6.07) is 3.59. The van der Waals surface area contributed by atoms with E-state index in [0.717, 1.165) is 17.4 Å². The molecule has 2 aromatic heterocycles. The number of carbonyl (C=O) groups is 1. The third-order valence-electron chi connectivity index (χ3n) is 3.67. The number of alkyl halides is 3. The molecular weight excluding hydrogens is 379 g/mol. The predicted molar refractivity (Wildman–Crippen MR) is 99.8 cm³/mol. The standard InChI is InChI=1S/C17H20F3N5OS/c1-3-24(16(26)14(21)11-27-8-6-17(18,19)20)15-10-25(23-12(15)2)13-5-4-7-22-9-13/h4-5,7,9-10,21H,3,6,8,11H2,1-2H3. The van der Waals surface area contributed by atoms with E-state index in [-0.39, 0.29) is 17.2 Å². The first-order valence-electron chi connectivity index (χ1n) is 8.23. The van der Waals surface area contributed by atoms with Gasteiger partial charge in [-0.25, -0.2) is 4.68 Å². The van der Waals surface area contributed by atoms with Crippen LogP contribution < -0.4 is 4.90 Å². The molecule has 0 unspecified atom stereocenters. The van der Waals surface area contributed by atoms with Crippen LogP contribution in [0, 0.1) is 12.3 Å². The number of carbonyl (C=O) groups excluding carboxylic acids is 1. The van der Waals surface area contributed by atoms with E-state index >= 15 is 0 Å². The van der Waals surface area contributed by atoms with E-state index in [9.17, 15) is 18.0 Å². The van der Waals surface area contributed by atoms with Crippen LogP contribution in [0.4, 0.5) is 18.9 Å². The van der Waals surface area contributed by atoms with Crippen molar-refractivity contribution in [1.29, 1.82) is 5.41 Å². The third kappa shape index (κ3) is 5.81. The molecule has 0 bridgehead atoms. The summed E-state index contributed by atoms with van der Waals surface area (Å²) in [5, 5.41) is 12.3. The molecular formula is C17H20F3N5OS. The first kappa shape index (κ1) is 20.9. The summed E-state index contributed by atoms with van der Waals surface area (Å²) >= 11 is 0.925. The summed E-state index contributed by atoms with van der Waals surface area (Å²) in [5.41, 5.74) is 1.65. The van der Waals surface area contributed by atoms with Crippen molar-refractivity contribution in [3.05, 3.63) is 36.4 Å². The average Bonchev–Trinajstić information content (AvgIpc) is 3.01. The minimum Gasteiger partial charge on any atom is -0.304 e. The molecule has 2 heterocycles. The smallest absolute Gasteiger partial charge is 0.304 e. The van der Waals surface area contributed by atoms with E-state index in [1.807, 2.05) is 6.07 Å². The minimum atomic E-state index is -4.23. The number of pyridine rings is 1. The highest BCUT2D eigenvalue weighted by atomic mass is 32.2. The maximum Gasteiger partial charge on any atom is 0.389 e. The van der Waals surface area contributed by atoms with Crippen LogP contribution in [0.25, 0.3) is 5.69 Å². The first-order valence-corrected chi connectivity index (χ1v) is 9.39. The number of halogens is 3. The second-order valence-corrected chi connectivity index (χ2v) is 6.81. The summed E-state index contributed by atoms with van der Waals surface area (Å²) in [4.78, 5) is 18.0. The Kier molecular flexibility index (Phi) is 7.00. The largest absolute Gasteiger partial charge is 0.389 e. The summed E-state index contributed by atoms with van der Waals surface area (Å²) in [5.74, 6) is -0.782. The zero-order valence-electron chi connectivity index (χ0n) is 15.0. The van der Waals surface area contributed by atoms with Crippen LogP contribution in [0.3, 0.4) is 0 Å². The molecule has 146 valence electrons. The number of nitrogens with zero attached hydrogens (tertiary/aromatic N) is 4. The molecule has 1 N–H and O–H groups in total. The number of anilines is 1. The van der Waals surface area contributed by atoms with Gasteiger partial charge >= 0.3 is 6.18 Å². The zero-order chi connectivity index (χ0) is 20.0. The Morgan fingerprint density at radius 2 is 2.15 bits per heavy atom. The summed E-state index contributed by atoms with van der Waals surface area (Å²) in [6.45, 7) is 3.83. The van der Waals surface area contributed by atoms with Gasteiger partial charge in [-0.15, -0.1) is 0 Å². The summed E-state index contributed by atoms with van der Waals surface area (Å²) < 4.78 is 38.1. The van der Waals surface area contributed by atoms with Crippen molar-refractivity contribution in [2.75, 3.05) is 23.0 Å². The van der Waals surface area contributed by atoms with Gasteiger partial charge in [0.15, 0.2) is 0 Å². The number of thioether (sulfide) groups is 1. The van der Waals surface area contributed by atoms with Crippen LogP contribution in [-0.2, 0) is 4.79 Å². The van der Waals surface area contributed by atoms with Crippen molar-refractivity contribution in [3.63, 3.8) is 0 Å². The van der Waals surface area contributed by atoms with Gasteiger partial charge in [-0.3, -0.25) is 15.2 Å². The van der Waals surface area contributed by atoms with Crippen LogP contribution >= 0.6 is 11.8 Å². The quantitative estimate of drug-likeness (QED) is 0.543. The van der Waals surface area contributed by atoms with E-state index in [0.29, 0.717) is 17.9 Å². The van der Waals surface area contributed by atoms with Gasteiger partial charge in [0, 0.05) is 24.2 Å². The fourth-order valence-electron chi connectivity index (χ4n) is 2.35. The van der Waals surface area contributed by atoms with Crippen LogP contribution in [0.2, 0.25) is 0 Å². The number of hydrogen-bond acceptors (Lipinski definition) is 5. The zero-order valence-corrected chi connectivity index (χ0v) is 15.8. The van der Waals surface area contributed by atoms with Crippen molar-refractivity contribution in [1.82, 2.24) is 14.8 Å². The summed E-state index contributed by atoms with van der Waals surface area (Å²) in [6.07, 6.45) is -0.216. The molecule has 2 rings (SSSR count). The molecule has 2 aromatic rings. The SMILES string of the molecule is CCN(C(=O)C(=N)CSCCC(F)(F)F)c1cn(-c2cccnc2)nc1C. The molecule has 1 amide bonds. The van der Waals surface area contributed by atoms with Gasteiger partial charge in [0.2, 0.25) is 0 Å². The highest BCUT2D eigenvalue weighted by molar-refractivity contribution is 8.00. The number of aryl methyl sites for hydroxylation is 1. The molecule has 0 aliphatic heterocycles. The maximum atomic E-state index is 12.6. The number of nitrogens with one attached hydrogen (secondary N) is 1. The van der Waals surface area contributed by atoms with Crippen LogP contribution in [0.1, 0.15) is 19.0 Å². The first-order chi connectivity index (χ1) is 12.7. The highest BCUT2D eigenvalue weighted by Crippen LogP contribution is 2.23. The second-order valence-electron chi connectivity index (χ2n) is 5.70. The predicted octanol–water partition coefficient (Wildman–Crippen LogP) is 3.63. The van der Waals surface area contributed by atoms with Crippen molar-refractivity contribution < 1.29 is 18.0 Å². The normalized spacial score (nSPS) is 11.4. The molecule has 0 radical (unpaired) electrons. The van der Waals surface area contributed by atoms with E-state index in [1.165, 1.54) is 4.90 Å². The van der Waals surface area contributed by atoms with Gasteiger partial charge in [0.1, 0.15) is 5.71 Å². The Labute approximate surface area is 159 Å². The Balaban J connectivity index is 2.06. The van der Waals surface area contributed by atoms with Crippen molar-refractivity contribution in [3.8, 4) is 5.69 Å². The molecule has 0 saturated carbocycles. The van der Waals surface area contributed by atoms with Gasteiger partial charge in [0.25, 0.3) is 5.91 Å². The lowest BCUT2D eigenvalue weighted by Gasteiger charge is -2.20. The van der Waals surface area contributed by atoms with Gasteiger partial charge in [-0.2, -0.15) is 30.0 Å². The lowest BCUT2D eigenvalue weighted by molar-refractivity contribution is -0.129. The van der Waals surface area contributed by atoms with E-state index in [2.05, 4.69) is 10.1 Å². The van der Waals surface area contributed by atoms with E-state index in [4.69, 9.17) is 5.41 Å². The molecule has 0 aromatic carbocycles. The fraction of sp³-hybridized carbons (Fsp3) is 0.412. The lowest BCUT2D eigenvalue weighted by Crippen LogP contribution is -2.37. The molecule has 6 nitrogen and oxygen atoms in total. The molecule has 0 atom stereocenters. The molecule has 0 spiro atoms. The van der Waals surface area contributed by atoms with Crippen LogP contribution in [0.15, 0.2) is 30.7 Å². The Hall–Kier alpha value is -2.36. The third-order valence-corrected chi connectivity index (χ3v) is 4.66. The Morgan fingerprint density at radius 3 is 2.74 bits per heavy atom. The Bertz CT molecular complexity index is 792. The van der Waals surface area contributed by atoms with Crippen molar-refractivity contribution in [2.45, 2.75) is 26.4 Å². The topological polar surface area (TPSA) is 74.9 Å². The molecule has 27 heavy (non-hydrogen) atoms. The van der Waals surface area contributed by atoms with Crippen molar-refractivity contribution >= 4 is 29.1 Å². The van der Waals surface area contributed by atoms with Gasteiger partial charge in [0.05, 0.1) is 35.9 Å². The number of rotatable bonds is 8. The number of hydrogen-bond donors (Lipinski definition) is 1. The second kappa shape index (κ2) is 9.03. The number of amides is 1. The molecule has 0 fully saturated rings. The monoisotopic (exact) mass is 399 g/mol. The fourth-order valence-corrected chi connectivity index (χ4v) is 3.20. The molecule has 10 heteroatoms. The van der Waals surface area contributed by atoms with Crippen molar-refractivity contribution in [2.24, 2.45) is 0 Å². The van der Waals surface area contributed by atoms with E-state index < -0.39 is 18.5 Å². The molecule has 0 aliphatic rings. The molecule has 0 aliphatic carbocycles. The highest BCUT2D eigenvalue weighted by Gasteiger charge is 2.27. The van der Waals surface area contributed by atoms with Gasteiger partial charge < -0.3 is 4.90 Å². The van der Waals surface area contributed by atoms with E-state index in [1.54, 1.807) is 43.2 Å². The van der Waals surface area contributed by atoms with Gasteiger partial charge in [-0.1, -0.05) is 0 Å². The number of aromatic nitrogens is 3. The lowest BCUT2D eigenvalue weighted by atomic mass is 10.3. The maximum absolute atomic E-state index is 12.6. The average molecular weight is 399 g/mol. The minimum absolute atomic E-state index is 0.0683. The summed E-state index contributed by atoms with van der Waals surface area (Å²) in [7, 11) is 0. The van der Waals surface area contributed by atoms with Crippen LogP contribution in [0.5, 0.6) is 0 Å². The molecule has 0 saturated heterocycles. The Morgan fingerprint density at radius 1 is 1.41 bits per heavy atom.